The molecule has 17 heavy (non-hydrogen) atoms. The molecule has 2 rings (SSSR count). The van der Waals surface area contributed by atoms with E-state index in [4.69, 9.17) is 0 Å². The van der Waals surface area contributed by atoms with Gasteiger partial charge in [-0.15, -0.1) is 5.10 Å². The lowest BCUT2D eigenvalue weighted by Gasteiger charge is -2.00. The van der Waals surface area contributed by atoms with Gasteiger partial charge in [0.15, 0.2) is 0 Å². The normalized spacial score (nSPS) is 10.7. The van der Waals surface area contributed by atoms with E-state index in [1.807, 2.05) is 25.4 Å². The average molecular weight is 231 g/mol. The first-order valence-corrected chi connectivity index (χ1v) is 5.83. The van der Waals surface area contributed by atoms with Crippen LogP contribution in [0.2, 0.25) is 0 Å². The zero-order valence-corrected chi connectivity index (χ0v) is 10.2. The van der Waals surface area contributed by atoms with Gasteiger partial charge in [0.1, 0.15) is 0 Å². The van der Waals surface area contributed by atoms with Crippen molar-refractivity contribution in [2.24, 2.45) is 0 Å². The molecule has 5 heteroatoms. The van der Waals surface area contributed by atoms with E-state index in [-0.39, 0.29) is 0 Å². The van der Waals surface area contributed by atoms with Crippen molar-refractivity contribution in [1.29, 1.82) is 0 Å². The highest BCUT2D eigenvalue weighted by molar-refractivity contribution is 5.30. The predicted molar refractivity (Wildman–Crippen MR) is 65.9 cm³/mol. The highest BCUT2D eigenvalue weighted by Gasteiger charge is 2.02. The molecule has 0 aliphatic rings. The third-order valence-electron chi connectivity index (χ3n) is 2.40. The van der Waals surface area contributed by atoms with Gasteiger partial charge in [0.2, 0.25) is 0 Å². The number of aromatic nitrogens is 4. The standard InChI is InChI=1S/C12H17N5/c1-3-4-13-7-11-9-17(16-15-11)12-5-10(2)6-14-8-12/h5-6,8-9,13H,3-4,7H2,1-2H3. The zero-order chi connectivity index (χ0) is 12.1. The van der Waals surface area contributed by atoms with E-state index in [2.05, 4.69) is 27.5 Å². The highest BCUT2D eigenvalue weighted by atomic mass is 15.4. The second kappa shape index (κ2) is 5.54. The van der Waals surface area contributed by atoms with E-state index >= 15 is 0 Å². The molecule has 0 aromatic carbocycles. The molecule has 0 atom stereocenters. The summed E-state index contributed by atoms with van der Waals surface area (Å²) < 4.78 is 1.75. The first-order chi connectivity index (χ1) is 8.29. The summed E-state index contributed by atoms with van der Waals surface area (Å²) in [4.78, 5) is 4.14. The van der Waals surface area contributed by atoms with Gasteiger partial charge in [0.25, 0.3) is 0 Å². The third kappa shape index (κ3) is 3.10. The summed E-state index contributed by atoms with van der Waals surface area (Å²) in [5.74, 6) is 0. The van der Waals surface area contributed by atoms with Crippen LogP contribution < -0.4 is 5.32 Å². The molecule has 2 heterocycles. The Morgan fingerprint density at radius 3 is 3.00 bits per heavy atom. The largest absolute Gasteiger partial charge is 0.311 e. The molecule has 0 radical (unpaired) electrons. The van der Waals surface area contributed by atoms with Crippen molar-refractivity contribution in [2.45, 2.75) is 26.8 Å². The van der Waals surface area contributed by atoms with Crippen molar-refractivity contribution < 1.29 is 0 Å². The number of aryl methyl sites for hydroxylation is 1. The molecule has 2 aromatic heterocycles. The SMILES string of the molecule is CCCNCc1cn(-c2cncc(C)c2)nn1. The molecule has 0 fully saturated rings. The smallest absolute Gasteiger partial charge is 0.0969 e. The molecule has 0 bridgehead atoms. The van der Waals surface area contributed by atoms with Crippen molar-refractivity contribution in [3.63, 3.8) is 0 Å². The van der Waals surface area contributed by atoms with Gasteiger partial charge in [0, 0.05) is 12.7 Å². The van der Waals surface area contributed by atoms with E-state index in [0.29, 0.717) is 0 Å². The molecule has 90 valence electrons. The van der Waals surface area contributed by atoms with Crippen LogP contribution in [0.15, 0.2) is 24.7 Å². The Labute approximate surface area is 101 Å². The van der Waals surface area contributed by atoms with Gasteiger partial charge >= 0.3 is 0 Å². The number of nitrogens with zero attached hydrogens (tertiary/aromatic N) is 4. The molecule has 0 amide bonds. The summed E-state index contributed by atoms with van der Waals surface area (Å²) in [6.45, 7) is 5.91. The van der Waals surface area contributed by atoms with Crippen LogP contribution in [0.4, 0.5) is 0 Å². The summed E-state index contributed by atoms with van der Waals surface area (Å²) in [5.41, 5.74) is 3.00. The van der Waals surface area contributed by atoms with Crippen molar-refractivity contribution in [1.82, 2.24) is 25.3 Å². The lowest BCUT2D eigenvalue weighted by atomic mass is 10.3. The Morgan fingerprint density at radius 2 is 2.24 bits per heavy atom. The summed E-state index contributed by atoms with van der Waals surface area (Å²) in [7, 11) is 0. The molecule has 0 unspecified atom stereocenters. The highest BCUT2D eigenvalue weighted by Crippen LogP contribution is 2.07. The summed E-state index contributed by atoms with van der Waals surface area (Å²) in [6.07, 6.45) is 6.66. The molecule has 0 saturated carbocycles. The fourth-order valence-electron chi connectivity index (χ4n) is 1.56. The molecule has 0 spiro atoms. The Hall–Kier alpha value is -1.75. The van der Waals surface area contributed by atoms with E-state index in [1.54, 1.807) is 10.9 Å². The van der Waals surface area contributed by atoms with Crippen LogP contribution in [-0.2, 0) is 6.54 Å². The zero-order valence-electron chi connectivity index (χ0n) is 10.2. The molecule has 0 aliphatic heterocycles. The van der Waals surface area contributed by atoms with Crippen molar-refractivity contribution in [3.8, 4) is 5.69 Å². The van der Waals surface area contributed by atoms with Crippen LogP contribution in [0.1, 0.15) is 24.6 Å². The van der Waals surface area contributed by atoms with Crippen LogP contribution in [0, 0.1) is 6.92 Å². The first-order valence-electron chi connectivity index (χ1n) is 5.83. The maximum Gasteiger partial charge on any atom is 0.0969 e. The quantitative estimate of drug-likeness (QED) is 0.792. The molecular weight excluding hydrogens is 214 g/mol. The molecular formula is C12H17N5. The average Bonchev–Trinajstić information content (AvgIpc) is 2.78. The summed E-state index contributed by atoms with van der Waals surface area (Å²) in [6, 6.07) is 2.03. The van der Waals surface area contributed by atoms with Crippen molar-refractivity contribution in [3.05, 3.63) is 35.9 Å². The third-order valence-corrected chi connectivity index (χ3v) is 2.40. The van der Waals surface area contributed by atoms with Gasteiger partial charge in [-0.05, 0) is 31.5 Å². The van der Waals surface area contributed by atoms with E-state index in [9.17, 15) is 0 Å². The number of hydrogen-bond donors (Lipinski definition) is 1. The summed E-state index contributed by atoms with van der Waals surface area (Å²) in [5, 5.41) is 11.5. The minimum Gasteiger partial charge on any atom is -0.311 e. The lowest BCUT2D eigenvalue weighted by molar-refractivity contribution is 0.662. The van der Waals surface area contributed by atoms with Gasteiger partial charge in [0.05, 0.1) is 23.8 Å². The van der Waals surface area contributed by atoms with Crippen LogP contribution in [0.25, 0.3) is 5.69 Å². The molecule has 1 N–H and O–H groups in total. The maximum atomic E-state index is 4.14. The lowest BCUT2D eigenvalue weighted by Crippen LogP contribution is -2.13. The van der Waals surface area contributed by atoms with Crippen molar-refractivity contribution in [2.75, 3.05) is 6.54 Å². The molecule has 0 aliphatic carbocycles. The fourth-order valence-corrected chi connectivity index (χ4v) is 1.56. The number of pyridine rings is 1. The first kappa shape index (κ1) is 11.7. The van der Waals surface area contributed by atoms with Gasteiger partial charge in [-0.25, -0.2) is 4.68 Å². The number of hydrogen-bond acceptors (Lipinski definition) is 4. The van der Waals surface area contributed by atoms with Crippen LogP contribution in [0.5, 0.6) is 0 Å². The maximum absolute atomic E-state index is 4.14. The van der Waals surface area contributed by atoms with Crippen LogP contribution in [0.3, 0.4) is 0 Å². The van der Waals surface area contributed by atoms with E-state index in [0.717, 1.165) is 36.5 Å². The second-order valence-corrected chi connectivity index (χ2v) is 4.05. The molecule has 5 nitrogen and oxygen atoms in total. The van der Waals surface area contributed by atoms with Gasteiger partial charge in [-0.2, -0.15) is 0 Å². The minimum atomic E-state index is 0.757. The van der Waals surface area contributed by atoms with E-state index in [1.165, 1.54) is 0 Å². The number of rotatable bonds is 5. The van der Waals surface area contributed by atoms with Crippen LogP contribution in [-0.4, -0.2) is 26.5 Å². The Balaban J connectivity index is 2.07. The molecule has 0 saturated heterocycles. The Bertz CT molecular complexity index is 477. The minimum absolute atomic E-state index is 0.757. The fraction of sp³-hybridized carbons (Fsp3) is 0.417. The van der Waals surface area contributed by atoms with Crippen molar-refractivity contribution >= 4 is 0 Å². The van der Waals surface area contributed by atoms with Gasteiger partial charge in [-0.3, -0.25) is 4.98 Å². The number of nitrogens with one attached hydrogen (secondary N) is 1. The van der Waals surface area contributed by atoms with Gasteiger partial charge < -0.3 is 5.32 Å². The Morgan fingerprint density at radius 1 is 1.35 bits per heavy atom. The van der Waals surface area contributed by atoms with Crippen LogP contribution >= 0.6 is 0 Å². The molecule has 2 aromatic rings. The van der Waals surface area contributed by atoms with E-state index < -0.39 is 0 Å². The van der Waals surface area contributed by atoms with Gasteiger partial charge in [-0.1, -0.05) is 12.1 Å². The second-order valence-electron chi connectivity index (χ2n) is 4.05. The Kier molecular flexibility index (Phi) is 3.82. The summed E-state index contributed by atoms with van der Waals surface area (Å²) >= 11 is 0. The predicted octanol–water partition coefficient (Wildman–Crippen LogP) is 1.47. The monoisotopic (exact) mass is 231 g/mol. The topological polar surface area (TPSA) is 55.6 Å².